The molecule has 4 heteroatoms. The molecule has 0 amide bonds. The van der Waals surface area contributed by atoms with Gasteiger partial charge in [0.05, 0.1) is 6.20 Å². The third-order valence-electron chi connectivity index (χ3n) is 0.894. The second kappa shape index (κ2) is 2.09. The molecule has 0 unspecified atom stereocenters. The lowest BCUT2D eigenvalue weighted by atomic mass is 10.5. The summed E-state index contributed by atoms with van der Waals surface area (Å²) in [6, 6.07) is 1.80. The summed E-state index contributed by atoms with van der Waals surface area (Å²) in [5.74, 6) is 0. The Morgan fingerprint density at radius 2 is 2.67 bits per heavy atom. The zero-order valence-electron chi connectivity index (χ0n) is 4.48. The number of carbonyl (C=O) groups excluding carboxylic acids is 1. The summed E-state index contributed by atoms with van der Waals surface area (Å²) in [5, 5.41) is 8.27. The molecule has 1 aromatic heterocycles. The number of nitrogens with zero attached hydrogens (tertiary/aromatic N) is 3. The van der Waals surface area contributed by atoms with E-state index in [1.807, 2.05) is 0 Å². The molecule has 9 heavy (non-hydrogen) atoms. The van der Waals surface area contributed by atoms with Crippen molar-refractivity contribution >= 4 is 6.41 Å². The third-order valence-corrected chi connectivity index (χ3v) is 0.894. The molecule has 0 saturated heterocycles. The van der Waals surface area contributed by atoms with E-state index in [1.165, 1.54) is 12.5 Å². The molecule has 0 aromatic carbocycles. The van der Waals surface area contributed by atoms with E-state index in [0.717, 1.165) is 4.57 Å². The molecule has 0 aliphatic carbocycles. The third kappa shape index (κ3) is 0.795. The van der Waals surface area contributed by atoms with Gasteiger partial charge in [0, 0.05) is 0 Å². The van der Waals surface area contributed by atoms with Gasteiger partial charge in [-0.05, 0) is 0 Å². The summed E-state index contributed by atoms with van der Waals surface area (Å²) in [5.41, 5.74) is 0.255. The molecule has 1 heterocycles. The highest BCUT2D eigenvalue weighted by Gasteiger charge is 1.95. The van der Waals surface area contributed by atoms with Crippen LogP contribution in [-0.4, -0.2) is 16.0 Å². The van der Waals surface area contributed by atoms with E-state index in [2.05, 4.69) is 4.98 Å². The predicted octanol–water partition coefficient (Wildman–Crippen LogP) is -0.207. The van der Waals surface area contributed by atoms with Crippen molar-refractivity contribution in [2.75, 3.05) is 0 Å². The first-order valence-corrected chi connectivity index (χ1v) is 2.25. The van der Waals surface area contributed by atoms with Crippen molar-refractivity contribution in [3.05, 3.63) is 18.2 Å². The molecule has 0 aliphatic rings. The minimum atomic E-state index is 0.255. The largest absolute Gasteiger partial charge is 0.278 e. The van der Waals surface area contributed by atoms with Crippen LogP contribution in [0.1, 0.15) is 5.69 Å². The molecule has 0 bridgehead atoms. The minimum Gasteiger partial charge on any atom is -0.278 e. The molecule has 44 valence electrons. The molecule has 0 radical (unpaired) electrons. The maximum absolute atomic E-state index is 10.0. The summed E-state index contributed by atoms with van der Waals surface area (Å²) in [6.45, 7) is 0. The number of aromatic nitrogens is 2. The molecule has 1 aromatic rings. The maximum atomic E-state index is 10.0. The Morgan fingerprint density at radius 1 is 1.89 bits per heavy atom. The second-order valence-corrected chi connectivity index (χ2v) is 1.40. The van der Waals surface area contributed by atoms with Crippen LogP contribution in [0.3, 0.4) is 0 Å². The summed E-state index contributed by atoms with van der Waals surface area (Å²) < 4.78 is 1.11. The van der Waals surface area contributed by atoms with Gasteiger partial charge in [0.25, 0.3) is 0 Å². The fraction of sp³-hybridized carbons (Fsp3) is 0. The van der Waals surface area contributed by atoms with Crippen LogP contribution in [0, 0.1) is 11.3 Å². The SMILES string of the molecule is N#Cc1cncn1C=O. The molecule has 0 N–H and O–H groups in total. The number of imidazole rings is 1. The fourth-order valence-electron chi connectivity index (χ4n) is 0.475. The van der Waals surface area contributed by atoms with Crippen molar-refractivity contribution in [3.8, 4) is 6.07 Å². The molecule has 0 spiro atoms. The summed E-state index contributed by atoms with van der Waals surface area (Å²) in [6.07, 6.45) is 3.14. The van der Waals surface area contributed by atoms with Gasteiger partial charge in [-0.25, -0.2) is 4.98 Å². The Labute approximate surface area is 51.4 Å². The smallest absolute Gasteiger partial charge is 0.220 e. The molecule has 4 nitrogen and oxygen atoms in total. The second-order valence-electron chi connectivity index (χ2n) is 1.40. The quantitative estimate of drug-likeness (QED) is 0.483. The van der Waals surface area contributed by atoms with Crippen LogP contribution < -0.4 is 0 Å². The molecule has 0 fully saturated rings. The van der Waals surface area contributed by atoms with Crippen LogP contribution in [0.25, 0.3) is 0 Å². The Balaban J connectivity index is 3.17. The first-order valence-electron chi connectivity index (χ1n) is 2.25. The highest BCUT2D eigenvalue weighted by molar-refractivity contribution is 5.54. The zero-order valence-corrected chi connectivity index (χ0v) is 4.48. The highest BCUT2D eigenvalue weighted by Crippen LogP contribution is 1.90. The van der Waals surface area contributed by atoms with E-state index in [1.54, 1.807) is 6.07 Å². The Bertz CT molecular complexity index is 257. The van der Waals surface area contributed by atoms with Gasteiger partial charge < -0.3 is 0 Å². The molecule has 1 rings (SSSR count). The fourth-order valence-corrected chi connectivity index (χ4v) is 0.475. The van der Waals surface area contributed by atoms with Crippen molar-refractivity contribution < 1.29 is 4.79 Å². The van der Waals surface area contributed by atoms with Gasteiger partial charge in [0.2, 0.25) is 6.41 Å². The Kier molecular flexibility index (Phi) is 1.28. The average Bonchev–Trinajstić information content (AvgIpc) is 2.33. The van der Waals surface area contributed by atoms with E-state index in [-0.39, 0.29) is 5.69 Å². The van der Waals surface area contributed by atoms with Crippen LogP contribution in [0.15, 0.2) is 12.5 Å². The lowest BCUT2D eigenvalue weighted by molar-refractivity contribution is 0.547. The molecule has 0 atom stereocenters. The topological polar surface area (TPSA) is 58.7 Å². The first-order chi connectivity index (χ1) is 4.38. The highest BCUT2D eigenvalue weighted by atomic mass is 16.1. The van der Waals surface area contributed by atoms with Gasteiger partial charge >= 0.3 is 0 Å². The number of hydrogen-bond acceptors (Lipinski definition) is 3. The van der Waals surface area contributed by atoms with Crippen LogP contribution >= 0.6 is 0 Å². The lowest BCUT2D eigenvalue weighted by Crippen LogP contribution is -1.94. The van der Waals surface area contributed by atoms with E-state index in [0.29, 0.717) is 6.41 Å². The van der Waals surface area contributed by atoms with Crippen LogP contribution in [0.4, 0.5) is 0 Å². The average molecular weight is 121 g/mol. The van der Waals surface area contributed by atoms with Gasteiger partial charge in [-0.3, -0.25) is 9.36 Å². The zero-order chi connectivity index (χ0) is 6.69. The standard InChI is InChI=1S/C5H3N3O/c6-1-5-2-7-3-8(5)4-9/h2-4H. The van der Waals surface area contributed by atoms with Crippen LogP contribution in [0.5, 0.6) is 0 Å². The number of rotatable bonds is 1. The van der Waals surface area contributed by atoms with Gasteiger partial charge in [-0.2, -0.15) is 5.26 Å². The van der Waals surface area contributed by atoms with Crippen LogP contribution in [0.2, 0.25) is 0 Å². The van der Waals surface area contributed by atoms with Crippen molar-refractivity contribution in [1.29, 1.82) is 5.26 Å². The summed E-state index contributed by atoms with van der Waals surface area (Å²) in [4.78, 5) is 13.6. The van der Waals surface area contributed by atoms with E-state index < -0.39 is 0 Å². The van der Waals surface area contributed by atoms with E-state index in [9.17, 15) is 4.79 Å². The van der Waals surface area contributed by atoms with Crippen molar-refractivity contribution in [2.45, 2.75) is 0 Å². The van der Waals surface area contributed by atoms with Gasteiger partial charge in [-0.15, -0.1) is 0 Å². The monoisotopic (exact) mass is 121 g/mol. The number of carbonyl (C=O) groups is 1. The molecule has 0 aliphatic heterocycles. The summed E-state index contributed by atoms with van der Waals surface area (Å²) >= 11 is 0. The van der Waals surface area contributed by atoms with Gasteiger partial charge in [0.15, 0.2) is 0 Å². The predicted molar refractivity (Wildman–Crippen MR) is 29.1 cm³/mol. The number of hydrogen-bond donors (Lipinski definition) is 0. The molecular weight excluding hydrogens is 118 g/mol. The van der Waals surface area contributed by atoms with Crippen LogP contribution in [-0.2, 0) is 4.79 Å². The normalized spacial score (nSPS) is 8.33. The number of nitriles is 1. The maximum Gasteiger partial charge on any atom is 0.220 e. The van der Waals surface area contributed by atoms with Crippen molar-refractivity contribution in [1.82, 2.24) is 9.55 Å². The first kappa shape index (κ1) is 5.51. The van der Waals surface area contributed by atoms with Crippen molar-refractivity contribution in [2.24, 2.45) is 0 Å². The Hall–Kier alpha value is -1.63. The Morgan fingerprint density at radius 3 is 3.11 bits per heavy atom. The molecular formula is C5H3N3O. The molecule has 0 saturated carbocycles. The van der Waals surface area contributed by atoms with Gasteiger partial charge in [-0.1, -0.05) is 0 Å². The minimum absolute atomic E-state index is 0.255. The summed E-state index contributed by atoms with van der Waals surface area (Å²) in [7, 11) is 0. The van der Waals surface area contributed by atoms with E-state index >= 15 is 0 Å². The van der Waals surface area contributed by atoms with Crippen molar-refractivity contribution in [3.63, 3.8) is 0 Å². The van der Waals surface area contributed by atoms with E-state index in [4.69, 9.17) is 5.26 Å². The van der Waals surface area contributed by atoms with Gasteiger partial charge in [0.1, 0.15) is 18.1 Å². The lowest BCUT2D eigenvalue weighted by Gasteiger charge is -1.83.